The number of rotatable bonds is 15. The SMILES string of the molecule is CC.CC.FC(F)(F)c1ccc(OCC2CCCNC2)cc1.O=C(CCl)C1(c2ccc(Cl)cc2)CCC1.O=C(CN1CCCC(COc2ccc(C(F)(F)F)cc2)C1)C1(c2ccc(Cl)cc2)CCC1.O=C(O)C(F)(F)F.O=C(O)C1(c2ccc(Cl)cc2)CCC1. The number of ketones is 2. The summed E-state index contributed by atoms with van der Waals surface area (Å²) in [4.78, 5) is 47.4. The van der Waals surface area contributed by atoms with E-state index in [0.717, 1.165) is 151 Å². The van der Waals surface area contributed by atoms with Crippen LogP contribution in [0.4, 0.5) is 39.5 Å². The van der Waals surface area contributed by atoms with Crippen LogP contribution in [-0.4, -0.2) is 96.6 Å². The van der Waals surface area contributed by atoms with Crippen LogP contribution in [0.5, 0.6) is 11.5 Å². The molecular formula is C67H79Cl4F9N2O8. The monoisotopic (exact) mass is 1350 g/mol. The zero-order chi connectivity index (χ0) is 66.9. The first-order valence-corrected chi connectivity index (χ1v) is 31.7. The summed E-state index contributed by atoms with van der Waals surface area (Å²) in [6.07, 6.45) is -1.31. The van der Waals surface area contributed by atoms with Crippen molar-refractivity contribution in [2.24, 2.45) is 11.8 Å². The second-order valence-corrected chi connectivity index (χ2v) is 23.6. The van der Waals surface area contributed by atoms with E-state index in [1.54, 1.807) is 12.1 Å². The molecule has 2 heterocycles. The number of halogens is 13. The summed E-state index contributed by atoms with van der Waals surface area (Å²) >= 11 is 23.3. The number of nitrogens with zero attached hydrogens (tertiary/aromatic N) is 1. The van der Waals surface area contributed by atoms with Crippen LogP contribution in [0.1, 0.15) is 139 Å². The van der Waals surface area contributed by atoms with E-state index in [-0.39, 0.29) is 28.8 Å². The fraction of sp³-hybridized carbons (Fsp3) is 0.493. The number of likely N-dealkylation sites (tertiary alicyclic amines) is 1. The highest BCUT2D eigenvalue weighted by Crippen LogP contribution is 2.47. The number of carboxylic acid groups (broad SMARTS) is 2. The van der Waals surface area contributed by atoms with Crippen molar-refractivity contribution in [2.75, 3.05) is 51.8 Å². The van der Waals surface area contributed by atoms with Crippen molar-refractivity contribution < 1.29 is 78.4 Å². The Balaban J connectivity index is 0.000000255. The lowest BCUT2D eigenvalue weighted by Gasteiger charge is -2.43. The Labute approximate surface area is 541 Å². The van der Waals surface area contributed by atoms with Gasteiger partial charge in [0.15, 0.2) is 11.6 Å². The standard InChI is InChI=1S/C25H27ClF3NO2.C13H16F3NO.C12H12Cl2O.C11H11ClO2.C2HF3O2.2C2H6/c26-21-8-4-19(5-9-21)24(12-2-13-24)23(31)16-30-14-1-3-18(15-30)17-32-22-10-6-20(7-11-22)25(27,28)29;14-13(15,16)11-3-5-12(6-4-11)18-9-10-2-1-7-17-8-10;13-8-11(15)12(6-1-7-12)9-2-4-10(14)5-3-9;12-9-4-2-8(3-5-9)11(10(13)14)6-1-7-11;3-2(4,5)1(6)7;2*1-2/h4-11,18H,1-3,12-17H2;3-6,10,17H,1-2,7-9H2;2-5H,1,6-8H2;2-5H,1,6-7H2,(H,13,14);(H,6,7);2*1-2H3. The Morgan fingerprint density at radius 1 is 0.522 bits per heavy atom. The van der Waals surface area contributed by atoms with Crippen LogP contribution in [0.2, 0.25) is 15.1 Å². The smallest absolute Gasteiger partial charge is 0.490 e. The van der Waals surface area contributed by atoms with Crippen LogP contribution < -0.4 is 14.8 Å². The van der Waals surface area contributed by atoms with E-state index in [0.29, 0.717) is 52.2 Å². The van der Waals surface area contributed by atoms with Crippen LogP contribution in [0.3, 0.4) is 0 Å². The van der Waals surface area contributed by atoms with Gasteiger partial charge in [-0.3, -0.25) is 19.3 Å². The predicted molar refractivity (Wildman–Crippen MR) is 334 cm³/mol. The summed E-state index contributed by atoms with van der Waals surface area (Å²) in [7, 11) is 0. The van der Waals surface area contributed by atoms with Gasteiger partial charge in [-0.15, -0.1) is 11.6 Å². The quantitative estimate of drug-likeness (QED) is 0.0685. The molecule has 0 amide bonds. The molecule has 2 aliphatic heterocycles. The van der Waals surface area contributed by atoms with E-state index >= 15 is 0 Å². The van der Waals surface area contributed by atoms with Gasteiger partial charge in [0.1, 0.15) is 11.5 Å². The minimum absolute atomic E-state index is 0.0998. The molecule has 2 saturated heterocycles. The average Bonchev–Trinajstić information content (AvgIpc) is 0.793. The summed E-state index contributed by atoms with van der Waals surface area (Å²) < 4.78 is 118. The van der Waals surface area contributed by atoms with Gasteiger partial charge in [-0.1, -0.05) is 118 Å². The third kappa shape index (κ3) is 22.3. The van der Waals surface area contributed by atoms with Gasteiger partial charge in [-0.05, 0) is 179 Å². The first kappa shape index (κ1) is 76.9. The third-order valence-corrected chi connectivity index (χ3v) is 17.4. The van der Waals surface area contributed by atoms with Crippen LogP contribution in [0, 0.1) is 11.8 Å². The van der Waals surface area contributed by atoms with Crippen molar-refractivity contribution in [2.45, 2.75) is 146 Å². The molecule has 5 aromatic carbocycles. The third-order valence-electron chi connectivity index (χ3n) is 16.4. The van der Waals surface area contributed by atoms with E-state index in [1.165, 1.54) is 24.3 Å². The Kier molecular flexibility index (Phi) is 30.8. The number of aliphatic carboxylic acids is 2. The Morgan fingerprint density at radius 2 is 0.878 bits per heavy atom. The number of piperidine rings is 2. The summed E-state index contributed by atoms with van der Waals surface area (Å²) in [5, 5.41) is 21.6. The minimum Gasteiger partial charge on any atom is -0.493 e. The van der Waals surface area contributed by atoms with Crippen LogP contribution in [0.25, 0.3) is 0 Å². The second kappa shape index (κ2) is 36.0. The van der Waals surface area contributed by atoms with E-state index in [4.69, 9.17) is 65.8 Å². The highest BCUT2D eigenvalue weighted by molar-refractivity contribution is 6.31. The van der Waals surface area contributed by atoms with E-state index in [1.807, 2.05) is 88.4 Å². The van der Waals surface area contributed by atoms with E-state index in [2.05, 4.69) is 10.2 Å². The van der Waals surface area contributed by atoms with Gasteiger partial charge in [0.05, 0.1) is 53.0 Å². The molecule has 5 aliphatic rings. The number of ether oxygens (including phenoxy) is 2. The van der Waals surface area contributed by atoms with Gasteiger partial charge < -0.3 is 25.0 Å². The highest BCUT2D eigenvalue weighted by Gasteiger charge is 2.47. The van der Waals surface area contributed by atoms with Gasteiger partial charge in [0.2, 0.25) is 0 Å². The number of benzene rings is 5. The van der Waals surface area contributed by atoms with Crippen molar-refractivity contribution in [3.8, 4) is 11.5 Å². The molecule has 0 spiro atoms. The fourth-order valence-electron chi connectivity index (χ4n) is 10.9. The van der Waals surface area contributed by atoms with Crippen molar-refractivity contribution in [1.82, 2.24) is 10.2 Å². The van der Waals surface area contributed by atoms with Crippen molar-refractivity contribution in [3.63, 3.8) is 0 Å². The molecule has 3 aliphatic carbocycles. The molecule has 0 bridgehead atoms. The molecule has 90 heavy (non-hydrogen) atoms. The molecule has 5 aromatic rings. The molecule has 3 N–H and O–H groups in total. The molecule has 23 heteroatoms. The van der Waals surface area contributed by atoms with Gasteiger partial charge in [0.25, 0.3) is 0 Å². The molecule has 10 nitrogen and oxygen atoms in total. The molecular weight excluding hydrogens is 1270 g/mol. The topological polar surface area (TPSA) is 142 Å². The number of hydrogen-bond acceptors (Lipinski definition) is 8. The highest BCUT2D eigenvalue weighted by atomic mass is 35.5. The van der Waals surface area contributed by atoms with Crippen molar-refractivity contribution in [3.05, 3.63) is 164 Å². The molecule has 2 unspecified atom stereocenters. The first-order valence-electron chi connectivity index (χ1n) is 30.1. The van der Waals surface area contributed by atoms with Crippen molar-refractivity contribution in [1.29, 1.82) is 0 Å². The largest absolute Gasteiger partial charge is 0.493 e. The molecule has 2 atom stereocenters. The number of nitrogens with one attached hydrogen (secondary N) is 1. The van der Waals surface area contributed by atoms with Gasteiger partial charge in [-0.25, -0.2) is 4.79 Å². The number of carboxylic acids is 2. The second-order valence-electron chi connectivity index (χ2n) is 22.0. The lowest BCUT2D eigenvalue weighted by molar-refractivity contribution is -0.192. The summed E-state index contributed by atoms with van der Waals surface area (Å²) in [5.74, 6) is -1.36. The Morgan fingerprint density at radius 3 is 1.19 bits per heavy atom. The number of alkyl halides is 10. The minimum atomic E-state index is -5.08. The summed E-state index contributed by atoms with van der Waals surface area (Å²) in [6.45, 7) is 13.0. The fourth-order valence-corrected chi connectivity index (χ4v) is 11.5. The molecule has 496 valence electrons. The summed E-state index contributed by atoms with van der Waals surface area (Å²) in [6, 6.07) is 31.9. The Hall–Kier alpha value is -5.57. The van der Waals surface area contributed by atoms with Crippen LogP contribution in [0.15, 0.2) is 121 Å². The molecule has 3 saturated carbocycles. The maximum absolute atomic E-state index is 13.3. The van der Waals surface area contributed by atoms with Crippen LogP contribution >= 0.6 is 46.4 Å². The van der Waals surface area contributed by atoms with Crippen LogP contribution in [-0.2, 0) is 47.8 Å². The molecule has 5 fully saturated rings. The average molecular weight is 1350 g/mol. The number of carbonyl (C=O) groups is 4. The maximum atomic E-state index is 13.3. The number of Topliss-reactive ketones (excluding diaryl/α,β-unsaturated/α-hetero) is 2. The van der Waals surface area contributed by atoms with E-state index in [9.17, 15) is 59.0 Å². The first-order chi connectivity index (χ1) is 42.6. The molecule has 0 radical (unpaired) electrons. The van der Waals surface area contributed by atoms with E-state index < -0.39 is 52.4 Å². The maximum Gasteiger partial charge on any atom is 0.490 e. The predicted octanol–water partition coefficient (Wildman–Crippen LogP) is 18.3. The summed E-state index contributed by atoms with van der Waals surface area (Å²) in [5.41, 5.74) is 0.319. The van der Waals surface area contributed by atoms with Gasteiger partial charge in [-0.2, -0.15) is 39.5 Å². The number of carbonyl (C=O) groups excluding carboxylic acids is 2. The molecule has 10 rings (SSSR count). The Bertz CT molecular complexity index is 2970. The van der Waals surface area contributed by atoms with Gasteiger partial charge in [0, 0.05) is 40.0 Å². The lowest BCUT2D eigenvalue weighted by atomic mass is 9.62. The zero-order valence-corrected chi connectivity index (χ0v) is 53.8. The van der Waals surface area contributed by atoms with Crippen molar-refractivity contribution >= 4 is 69.9 Å². The normalized spacial score (nSPS) is 18.6. The lowest BCUT2D eigenvalue weighted by Crippen LogP contribution is -2.49. The van der Waals surface area contributed by atoms with Gasteiger partial charge >= 0.3 is 30.5 Å². The number of hydrogen-bond donors (Lipinski definition) is 3. The molecule has 0 aromatic heterocycles. The zero-order valence-electron chi connectivity index (χ0n) is 50.8.